The molecule has 0 saturated carbocycles. The number of nitrogens with one attached hydrogen (secondary N) is 2. The highest BCUT2D eigenvalue weighted by Gasteiger charge is 2.08. The summed E-state index contributed by atoms with van der Waals surface area (Å²) in [7, 11) is 0. The number of hydrogen-bond acceptors (Lipinski definition) is 5. The van der Waals surface area contributed by atoms with E-state index in [2.05, 4.69) is 32.7 Å². The Bertz CT molecular complexity index is 413. The number of nitrogens with zero attached hydrogens (tertiary/aromatic N) is 3. The van der Waals surface area contributed by atoms with Crippen molar-refractivity contribution < 1.29 is 9.63 Å². The zero-order valence-corrected chi connectivity index (χ0v) is 13.2. The Kier molecular flexibility index (Phi) is 8.42. The molecule has 1 heterocycles. The first-order valence-electron chi connectivity index (χ1n) is 7.61. The van der Waals surface area contributed by atoms with Gasteiger partial charge in [0.05, 0.1) is 0 Å². The summed E-state index contributed by atoms with van der Waals surface area (Å²) < 4.78 is 4.92. The molecule has 3 N–H and O–H groups in total. The minimum absolute atomic E-state index is 0.224. The van der Waals surface area contributed by atoms with E-state index < -0.39 is 0 Å². The van der Waals surface area contributed by atoms with Gasteiger partial charge in [0.2, 0.25) is 5.89 Å². The van der Waals surface area contributed by atoms with Crippen molar-refractivity contribution in [2.75, 3.05) is 19.7 Å². The van der Waals surface area contributed by atoms with Crippen LogP contribution in [0.1, 0.15) is 44.8 Å². The highest BCUT2D eigenvalue weighted by Crippen LogP contribution is 2.09. The topological polar surface area (TPSA) is 95.6 Å². The molecule has 1 aromatic heterocycles. The molecule has 0 aromatic carbocycles. The molecule has 0 bridgehead atoms. The zero-order valence-electron chi connectivity index (χ0n) is 13.2. The number of aliphatic hydroxyl groups excluding tert-OH is 1. The summed E-state index contributed by atoms with van der Waals surface area (Å²) in [5, 5.41) is 19.4. The highest BCUT2D eigenvalue weighted by atomic mass is 16.5. The molecule has 0 radical (unpaired) electrons. The molecule has 7 heteroatoms. The van der Waals surface area contributed by atoms with Gasteiger partial charge in [-0.25, -0.2) is 4.99 Å². The largest absolute Gasteiger partial charge is 0.396 e. The van der Waals surface area contributed by atoms with Crippen molar-refractivity contribution in [3.05, 3.63) is 11.7 Å². The van der Waals surface area contributed by atoms with E-state index in [1.54, 1.807) is 6.92 Å². The van der Waals surface area contributed by atoms with Crippen LogP contribution in [0.2, 0.25) is 0 Å². The third-order valence-electron chi connectivity index (χ3n) is 3.08. The number of aromatic nitrogens is 2. The molecule has 7 nitrogen and oxygen atoms in total. The lowest BCUT2D eigenvalue weighted by Crippen LogP contribution is -2.40. The molecule has 120 valence electrons. The Morgan fingerprint density at radius 3 is 2.71 bits per heavy atom. The number of aliphatic hydroxyl groups is 1. The first-order valence-corrected chi connectivity index (χ1v) is 7.61. The fraction of sp³-hybridized carbons (Fsp3) is 0.786. The molecule has 0 aliphatic heterocycles. The van der Waals surface area contributed by atoms with Crippen LogP contribution in [0.3, 0.4) is 0 Å². The SMILES string of the molecule is CCCC(CCO)CNC(=NCc1noc(C)n1)NCC. The van der Waals surface area contributed by atoms with Gasteiger partial charge in [0.25, 0.3) is 0 Å². The maximum Gasteiger partial charge on any atom is 0.223 e. The first kappa shape index (κ1) is 17.4. The van der Waals surface area contributed by atoms with E-state index in [4.69, 9.17) is 9.63 Å². The van der Waals surface area contributed by atoms with Crippen LogP contribution < -0.4 is 10.6 Å². The van der Waals surface area contributed by atoms with Crippen LogP contribution in [0.4, 0.5) is 0 Å². The fourth-order valence-electron chi connectivity index (χ4n) is 2.08. The van der Waals surface area contributed by atoms with Gasteiger partial charge in [-0.15, -0.1) is 0 Å². The number of hydrogen-bond donors (Lipinski definition) is 3. The second-order valence-electron chi connectivity index (χ2n) is 4.97. The normalized spacial score (nSPS) is 13.2. The molecule has 0 aliphatic carbocycles. The first-order chi connectivity index (χ1) is 10.2. The van der Waals surface area contributed by atoms with Crippen LogP contribution in [0.25, 0.3) is 0 Å². The molecule has 0 spiro atoms. The summed E-state index contributed by atoms with van der Waals surface area (Å²) in [6.45, 7) is 8.12. The Labute approximate surface area is 126 Å². The number of aliphatic imine (C=N–C) groups is 1. The Balaban J connectivity index is 2.51. The molecular formula is C14H27N5O2. The van der Waals surface area contributed by atoms with Crippen molar-refractivity contribution in [2.45, 2.75) is 46.6 Å². The predicted octanol–water partition coefficient (Wildman–Crippen LogP) is 1.23. The third-order valence-corrected chi connectivity index (χ3v) is 3.08. The Morgan fingerprint density at radius 1 is 1.33 bits per heavy atom. The van der Waals surface area contributed by atoms with Gasteiger partial charge in [-0.3, -0.25) is 0 Å². The molecule has 1 rings (SSSR count). The average molecular weight is 297 g/mol. The van der Waals surface area contributed by atoms with Gasteiger partial charge in [0.1, 0.15) is 6.54 Å². The molecule has 0 saturated heterocycles. The number of guanidine groups is 1. The minimum atomic E-state index is 0.224. The van der Waals surface area contributed by atoms with Crippen molar-refractivity contribution in [1.82, 2.24) is 20.8 Å². The molecule has 1 atom stereocenters. The summed E-state index contributed by atoms with van der Waals surface area (Å²) in [5.41, 5.74) is 0. The second kappa shape index (κ2) is 10.1. The zero-order chi connectivity index (χ0) is 15.5. The van der Waals surface area contributed by atoms with Crippen LogP contribution in [-0.2, 0) is 6.54 Å². The fourth-order valence-corrected chi connectivity index (χ4v) is 2.08. The van der Waals surface area contributed by atoms with E-state index in [1.165, 1.54) is 0 Å². The monoisotopic (exact) mass is 297 g/mol. The van der Waals surface area contributed by atoms with Gasteiger partial charge in [-0.2, -0.15) is 4.98 Å². The Morgan fingerprint density at radius 2 is 2.14 bits per heavy atom. The summed E-state index contributed by atoms with van der Waals surface area (Å²) in [4.78, 5) is 8.56. The van der Waals surface area contributed by atoms with Gasteiger partial charge in [-0.05, 0) is 25.7 Å². The molecule has 21 heavy (non-hydrogen) atoms. The van der Waals surface area contributed by atoms with E-state index in [1.807, 2.05) is 6.92 Å². The summed E-state index contributed by atoms with van der Waals surface area (Å²) in [5.74, 6) is 2.31. The van der Waals surface area contributed by atoms with Crippen molar-refractivity contribution in [2.24, 2.45) is 10.9 Å². The van der Waals surface area contributed by atoms with E-state index in [9.17, 15) is 0 Å². The van der Waals surface area contributed by atoms with Crippen molar-refractivity contribution >= 4 is 5.96 Å². The third kappa shape index (κ3) is 7.08. The second-order valence-corrected chi connectivity index (χ2v) is 4.97. The lowest BCUT2D eigenvalue weighted by Gasteiger charge is -2.18. The average Bonchev–Trinajstić information content (AvgIpc) is 2.88. The molecule has 0 amide bonds. The van der Waals surface area contributed by atoms with Crippen LogP contribution in [-0.4, -0.2) is 40.9 Å². The lowest BCUT2D eigenvalue weighted by atomic mass is 10.0. The van der Waals surface area contributed by atoms with Gasteiger partial charge in [0.15, 0.2) is 11.8 Å². The molecular weight excluding hydrogens is 270 g/mol. The van der Waals surface area contributed by atoms with E-state index >= 15 is 0 Å². The molecule has 1 unspecified atom stereocenters. The molecule has 1 aromatic rings. The van der Waals surface area contributed by atoms with E-state index in [0.717, 1.165) is 38.3 Å². The lowest BCUT2D eigenvalue weighted by molar-refractivity contribution is 0.251. The van der Waals surface area contributed by atoms with E-state index in [-0.39, 0.29) is 6.61 Å². The summed E-state index contributed by atoms with van der Waals surface area (Å²) >= 11 is 0. The van der Waals surface area contributed by atoms with Crippen LogP contribution in [0.5, 0.6) is 0 Å². The van der Waals surface area contributed by atoms with E-state index in [0.29, 0.717) is 24.2 Å². The Hall–Kier alpha value is -1.63. The minimum Gasteiger partial charge on any atom is -0.396 e. The van der Waals surface area contributed by atoms with Crippen LogP contribution in [0, 0.1) is 12.8 Å². The quantitative estimate of drug-likeness (QED) is 0.469. The predicted molar refractivity (Wildman–Crippen MR) is 82.0 cm³/mol. The number of aryl methyl sites for hydroxylation is 1. The summed E-state index contributed by atoms with van der Waals surface area (Å²) in [6.07, 6.45) is 3.02. The smallest absolute Gasteiger partial charge is 0.223 e. The van der Waals surface area contributed by atoms with Gasteiger partial charge < -0.3 is 20.3 Å². The highest BCUT2D eigenvalue weighted by molar-refractivity contribution is 5.79. The van der Waals surface area contributed by atoms with Crippen LogP contribution in [0.15, 0.2) is 9.52 Å². The van der Waals surface area contributed by atoms with Crippen molar-refractivity contribution in [3.8, 4) is 0 Å². The summed E-state index contributed by atoms with van der Waals surface area (Å²) in [6, 6.07) is 0. The van der Waals surface area contributed by atoms with Gasteiger partial charge in [-0.1, -0.05) is 18.5 Å². The van der Waals surface area contributed by atoms with Crippen LogP contribution >= 0.6 is 0 Å². The van der Waals surface area contributed by atoms with Crippen molar-refractivity contribution in [1.29, 1.82) is 0 Å². The molecule has 0 fully saturated rings. The maximum atomic E-state index is 9.09. The van der Waals surface area contributed by atoms with Gasteiger partial charge in [0, 0.05) is 26.6 Å². The standard InChI is InChI=1S/C14H27N5O2/c1-4-6-12(7-8-20)9-16-14(15-5-2)17-10-13-18-11(3)21-19-13/h12,20H,4-10H2,1-3H3,(H2,15,16,17). The maximum absolute atomic E-state index is 9.09. The van der Waals surface area contributed by atoms with Gasteiger partial charge >= 0.3 is 0 Å². The molecule has 0 aliphatic rings. The number of rotatable bonds is 9. The van der Waals surface area contributed by atoms with Crippen molar-refractivity contribution in [3.63, 3.8) is 0 Å².